The lowest BCUT2D eigenvalue weighted by Gasteiger charge is -2.31. The number of alkyl halides is 3. The Balaban J connectivity index is 0.00000280. The third-order valence-corrected chi connectivity index (χ3v) is 5.21. The third-order valence-electron chi connectivity index (χ3n) is 4.34. The summed E-state index contributed by atoms with van der Waals surface area (Å²) in [6, 6.07) is 4.95. The van der Waals surface area contributed by atoms with Crippen LogP contribution >= 0.6 is 23.7 Å². The van der Waals surface area contributed by atoms with Gasteiger partial charge in [0.2, 0.25) is 5.91 Å². The first-order valence-electron chi connectivity index (χ1n) is 8.62. The fourth-order valence-corrected chi connectivity index (χ4v) is 3.96. The highest BCUT2D eigenvalue weighted by atomic mass is 35.5. The topological polar surface area (TPSA) is 48.5 Å². The second-order valence-electron chi connectivity index (χ2n) is 6.61. The smallest absolute Gasteiger partial charge is 0.312 e. The van der Waals surface area contributed by atoms with Gasteiger partial charge in [0.15, 0.2) is 5.13 Å². The molecule has 10 heteroatoms. The van der Waals surface area contributed by atoms with Gasteiger partial charge >= 0.3 is 6.18 Å². The van der Waals surface area contributed by atoms with Crippen molar-refractivity contribution < 1.29 is 18.0 Å². The van der Waals surface area contributed by atoms with E-state index in [4.69, 9.17) is 0 Å². The van der Waals surface area contributed by atoms with Crippen LogP contribution in [0.1, 0.15) is 25.1 Å². The number of halogens is 4. The quantitative estimate of drug-likeness (QED) is 0.788. The molecule has 0 spiro atoms. The van der Waals surface area contributed by atoms with Crippen LogP contribution in [0.15, 0.2) is 29.6 Å². The highest BCUT2D eigenvalue weighted by Crippen LogP contribution is 2.33. The summed E-state index contributed by atoms with van der Waals surface area (Å²) in [5.41, 5.74) is 0.469. The normalized spacial score (nSPS) is 17.8. The van der Waals surface area contributed by atoms with Crippen molar-refractivity contribution in [3.8, 4) is 0 Å². The summed E-state index contributed by atoms with van der Waals surface area (Å²) in [6.45, 7) is 6.94. The third kappa shape index (κ3) is 5.44. The van der Waals surface area contributed by atoms with E-state index in [1.807, 2.05) is 5.38 Å². The number of thiazole rings is 1. The number of nitrogens with one attached hydrogen (secondary N) is 1. The molecule has 0 aliphatic carbocycles. The Bertz CT molecular complexity index is 797. The summed E-state index contributed by atoms with van der Waals surface area (Å²) in [5, 5.41) is 5.73. The van der Waals surface area contributed by atoms with E-state index >= 15 is 0 Å². The van der Waals surface area contributed by atoms with Crippen LogP contribution in [-0.4, -0.2) is 41.5 Å². The molecule has 28 heavy (non-hydrogen) atoms. The van der Waals surface area contributed by atoms with Gasteiger partial charge in [0, 0.05) is 44.5 Å². The minimum absolute atomic E-state index is 0. The number of rotatable bonds is 4. The molecule has 3 rings (SSSR count). The van der Waals surface area contributed by atoms with Gasteiger partial charge in [-0.15, -0.1) is 23.7 Å². The molecule has 1 aliphatic heterocycles. The lowest BCUT2D eigenvalue weighted by molar-refractivity contribution is -0.137. The van der Waals surface area contributed by atoms with Crippen LogP contribution in [0.5, 0.6) is 0 Å². The van der Waals surface area contributed by atoms with Crippen LogP contribution < -0.4 is 10.2 Å². The van der Waals surface area contributed by atoms with Crippen LogP contribution in [0.4, 0.5) is 24.0 Å². The maximum Gasteiger partial charge on any atom is 0.416 e. The monoisotopic (exact) mass is 434 g/mol. The number of carbonyl (C=O) groups is 1. The largest absolute Gasteiger partial charge is 0.416 e. The fourth-order valence-electron chi connectivity index (χ4n) is 3.08. The first kappa shape index (κ1) is 22.6. The van der Waals surface area contributed by atoms with Crippen molar-refractivity contribution in [2.45, 2.75) is 32.6 Å². The molecule has 1 aromatic heterocycles. The number of aromatic nitrogens is 1. The molecule has 1 N–H and O–H groups in total. The minimum atomic E-state index is -4.41. The Kier molecular flexibility index (Phi) is 7.44. The van der Waals surface area contributed by atoms with E-state index in [1.54, 1.807) is 0 Å². The summed E-state index contributed by atoms with van der Waals surface area (Å²) in [7, 11) is 0. The van der Waals surface area contributed by atoms with E-state index in [0.29, 0.717) is 23.4 Å². The van der Waals surface area contributed by atoms with Crippen LogP contribution in [-0.2, 0) is 17.5 Å². The van der Waals surface area contributed by atoms with Crippen molar-refractivity contribution in [3.05, 3.63) is 40.9 Å². The van der Waals surface area contributed by atoms with Crippen molar-refractivity contribution in [1.82, 2.24) is 15.2 Å². The van der Waals surface area contributed by atoms with E-state index in [0.717, 1.165) is 37.5 Å². The van der Waals surface area contributed by atoms with Gasteiger partial charge in [-0.05, 0) is 31.2 Å². The molecule has 1 amide bonds. The van der Waals surface area contributed by atoms with E-state index in [-0.39, 0.29) is 18.3 Å². The molecule has 1 unspecified atom stereocenters. The van der Waals surface area contributed by atoms with E-state index in [1.165, 1.54) is 35.3 Å². The SMILES string of the molecule is CC(=O)N(c1ccc(C(F)(F)F)cc1)c1nc(CN2CCNC(C)C2)cs1.Cl. The summed E-state index contributed by atoms with van der Waals surface area (Å²) in [6.07, 6.45) is -4.41. The van der Waals surface area contributed by atoms with Gasteiger partial charge in [0.1, 0.15) is 0 Å². The van der Waals surface area contributed by atoms with Crippen molar-refractivity contribution in [3.63, 3.8) is 0 Å². The predicted molar refractivity (Wildman–Crippen MR) is 106 cm³/mol. The lowest BCUT2D eigenvalue weighted by atomic mass is 10.2. The lowest BCUT2D eigenvalue weighted by Crippen LogP contribution is -2.48. The summed E-state index contributed by atoms with van der Waals surface area (Å²) in [5.74, 6) is -0.300. The Morgan fingerprint density at radius 1 is 1.36 bits per heavy atom. The second-order valence-corrected chi connectivity index (χ2v) is 7.45. The highest BCUT2D eigenvalue weighted by Gasteiger charge is 2.30. The summed E-state index contributed by atoms with van der Waals surface area (Å²) >= 11 is 1.31. The van der Waals surface area contributed by atoms with Gasteiger partial charge in [-0.2, -0.15) is 13.2 Å². The minimum Gasteiger partial charge on any atom is -0.312 e. The average molecular weight is 435 g/mol. The zero-order valence-electron chi connectivity index (χ0n) is 15.5. The Hall–Kier alpha value is -1.68. The molecule has 5 nitrogen and oxygen atoms in total. The molecular weight excluding hydrogens is 413 g/mol. The molecule has 1 saturated heterocycles. The van der Waals surface area contributed by atoms with Crippen molar-refractivity contribution in [2.75, 3.05) is 24.5 Å². The zero-order valence-corrected chi connectivity index (χ0v) is 17.1. The summed E-state index contributed by atoms with van der Waals surface area (Å²) in [4.78, 5) is 20.3. The predicted octanol–water partition coefficient (Wildman–Crippen LogP) is 4.06. The molecule has 1 aliphatic rings. The molecule has 1 atom stereocenters. The number of hydrogen-bond acceptors (Lipinski definition) is 5. The second kappa shape index (κ2) is 9.21. The van der Waals surface area contributed by atoms with Gasteiger partial charge in [-0.1, -0.05) is 0 Å². The standard InChI is InChI=1S/C18H21F3N4OS.ClH/c1-12-9-24(8-7-22-12)10-15-11-27-17(23-15)25(13(2)26)16-5-3-14(4-6-16)18(19,20)21;/h3-6,11-12,22H,7-10H2,1-2H3;1H. The first-order chi connectivity index (χ1) is 12.7. The fraction of sp³-hybridized carbons (Fsp3) is 0.444. The van der Waals surface area contributed by atoms with Crippen LogP contribution in [0, 0.1) is 0 Å². The van der Waals surface area contributed by atoms with Crippen molar-refractivity contribution >= 4 is 40.5 Å². The Labute approximate surface area is 172 Å². The van der Waals surface area contributed by atoms with Crippen LogP contribution in [0.2, 0.25) is 0 Å². The van der Waals surface area contributed by atoms with Crippen LogP contribution in [0.3, 0.4) is 0 Å². The van der Waals surface area contributed by atoms with Gasteiger partial charge in [0.05, 0.1) is 16.9 Å². The van der Waals surface area contributed by atoms with Gasteiger partial charge < -0.3 is 5.32 Å². The van der Waals surface area contributed by atoms with Gasteiger partial charge in [0.25, 0.3) is 0 Å². The number of piperazine rings is 1. The number of hydrogen-bond donors (Lipinski definition) is 1. The Morgan fingerprint density at radius 2 is 2.04 bits per heavy atom. The van der Waals surface area contributed by atoms with E-state index < -0.39 is 11.7 Å². The van der Waals surface area contributed by atoms with Crippen molar-refractivity contribution in [1.29, 1.82) is 0 Å². The summed E-state index contributed by atoms with van der Waals surface area (Å²) < 4.78 is 38.3. The van der Waals surface area contributed by atoms with E-state index in [9.17, 15) is 18.0 Å². The van der Waals surface area contributed by atoms with Gasteiger partial charge in [-0.3, -0.25) is 14.6 Å². The first-order valence-corrected chi connectivity index (χ1v) is 9.50. The van der Waals surface area contributed by atoms with E-state index in [2.05, 4.69) is 22.1 Å². The molecule has 1 aromatic carbocycles. The molecule has 154 valence electrons. The van der Waals surface area contributed by atoms with Gasteiger partial charge in [-0.25, -0.2) is 4.98 Å². The molecule has 2 aromatic rings. The zero-order chi connectivity index (χ0) is 19.6. The number of carbonyl (C=O) groups excluding carboxylic acids is 1. The molecule has 0 saturated carbocycles. The van der Waals surface area contributed by atoms with Crippen molar-refractivity contribution in [2.24, 2.45) is 0 Å². The molecule has 2 heterocycles. The Morgan fingerprint density at radius 3 is 2.61 bits per heavy atom. The molecule has 1 fully saturated rings. The maximum absolute atomic E-state index is 12.8. The number of amides is 1. The average Bonchev–Trinajstić information content (AvgIpc) is 3.02. The molecule has 0 radical (unpaired) electrons. The number of nitrogens with zero attached hydrogens (tertiary/aromatic N) is 3. The maximum atomic E-state index is 12.8. The highest BCUT2D eigenvalue weighted by molar-refractivity contribution is 7.14. The molecule has 0 bridgehead atoms. The molecular formula is C18H22ClF3N4OS. The van der Waals surface area contributed by atoms with Crippen LogP contribution in [0.25, 0.3) is 0 Å². The number of anilines is 2. The number of benzene rings is 1.